The van der Waals surface area contributed by atoms with Gasteiger partial charge in [0.15, 0.2) is 5.82 Å². The molecule has 1 rings (SSSR count). The highest BCUT2D eigenvalue weighted by atomic mass is 16.5. The summed E-state index contributed by atoms with van der Waals surface area (Å²) in [5.74, 6) is 0.980. The minimum atomic E-state index is 0.757. The Balaban J connectivity index is 2.38. The predicted molar refractivity (Wildman–Crippen MR) is 73.3 cm³/mol. The lowest BCUT2D eigenvalue weighted by Crippen LogP contribution is -2.19. The van der Waals surface area contributed by atoms with Crippen LogP contribution >= 0.6 is 0 Å². The molecule has 0 fully saturated rings. The van der Waals surface area contributed by atoms with Gasteiger partial charge in [0.05, 0.1) is 6.61 Å². The van der Waals surface area contributed by atoms with Crippen molar-refractivity contribution in [2.45, 2.75) is 33.2 Å². The van der Waals surface area contributed by atoms with E-state index in [-0.39, 0.29) is 0 Å². The van der Waals surface area contributed by atoms with Crippen LogP contribution in [0, 0.1) is 0 Å². The van der Waals surface area contributed by atoms with Gasteiger partial charge in [-0.25, -0.2) is 9.67 Å². The van der Waals surface area contributed by atoms with Gasteiger partial charge in [-0.3, -0.25) is 0 Å². The third-order valence-corrected chi connectivity index (χ3v) is 2.66. The van der Waals surface area contributed by atoms with Crippen molar-refractivity contribution in [3.8, 4) is 0 Å². The molecule has 0 aliphatic carbocycles. The SMILES string of the molecule is CCCn1ncnc1C(C)=CCCNCCOC. The van der Waals surface area contributed by atoms with Crippen LogP contribution in [0.1, 0.15) is 32.5 Å². The molecule has 0 aliphatic rings. The van der Waals surface area contributed by atoms with E-state index in [2.05, 4.69) is 35.3 Å². The lowest BCUT2D eigenvalue weighted by Gasteiger charge is -2.05. The molecule has 0 radical (unpaired) electrons. The topological polar surface area (TPSA) is 52.0 Å². The Morgan fingerprint density at radius 3 is 3.06 bits per heavy atom. The lowest BCUT2D eigenvalue weighted by molar-refractivity contribution is 0.199. The number of allylic oxidation sites excluding steroid dienone is 1. The molecule has 0 amide bonds. The van der Waals surface area contributed by atoms with Crippen LogP contribution in [0.5, 0.6) is 0 Å². The van der Waals surface area contributed by atoms with E-state index in [1.165, 1.54) is 5.57 Å². The number of nitrogens with zero attached hydrogens (tertiary/aromatic N) is 3. The molecular formula is C13H24N4O. The second-order valence-electron chi connectivity index (χ2n) is 4.23. The fourth-order valence-electron chi connectivity index (χ4n) is 1.73. The Kier molecular flexibility index (Phi) is 7.29. The maximum atomic E-state index is 4.97. The lowest BCUT2D eigenvalue weighted by atomic mass is 10.2. The van der Waals surface area contributed by atoms with E-state index in [1.54, 1.807) is 13.4 Å². The molecule has 18 heavy (non-hydrogen) atoms. The molecule has 0 unspecified atom stereocenters. The third-order valence-electron chi connectivity index (χ3n) is 2.66. The first kappa shape index (κ1) is 14.9. The van der Waals surface area contributed by atoms with Gasteiger partial charge in [-0.1, -0.05) is 13.0 Å². The van der Waals surface area contributed by atoms with E-state index in [0.29, 0.717) is 0 Å². The summed E-state index contributed by atoms with van der Waals surface area (Å²) in [4.78, 5) is 4.31. The van der Waals surface area contributed by atoms with Crippen LogP contribution in [0.3, 0.4) is 0 Å². The minimum Gasteiger partial charge on any atom is -0.383 e. The minimum absolute atomic E-state index is 0.757. The Morgan fingerprint density at radius 1 is 1.50 bits per heavy atom. The predicted octanol–water partition coefficient (Wildman–Crippen LogP) is 1.72. The molecule has 0 saturated carbocycles. The first-order valence-electron chi connectivity index (χ1n) is 6.54. The monoisotopic (exact) mass is 252 g/mol. The summed E-state index contributed by atoms with van der Waals surface area (Å²) in [5, 5.41) is 7.54. The van der Waals surface area contributed by atoms with E-state index in [4.69, 9.17) is 4.74 Å². The Bertz CT molecular complexity index is 360. The number of ether oxygens (including phenoxy) is 1. The first-order chi connectivity index (χ1) is 8.79. The van der Waals surface area contributed by atoms with E-state index >= 15 is 0 Å². The molecule has 0 bridgehead atoms. The van der Waals surface area contributed by atoms with Crippen LogP contribution in [0.25, 0.3) is 5.57 Å². The molecule has 0 saturated heterocycles. The second kappa shape index (κ2) is 8.83. The van der Waals surface area contributed by atoms with Crippen LogP contribution in [-0.4, -0.2) is 41.6 Å². The normalized spacial score (nSPS) is 12.1. The van der Waals surface area contributed by atoms with Gasteiger partial charge in [-0.05, 0) is 31.9 Å². The molecule has 0 aromatic carbocycles. The molecule has 5 nitrogen and oxygen atoms in total. The van der Waals surface area contributed by atoms with E-state index in [9.17, 15) is 0 Å². The highest BCUT2D eigenvalue weighted by molar-refractivity contribution is 5.57. The molecule has 102 valence electrons. The summed E-state index contributed by atoms with van der Waals surface area (Å²) in [6, 6.07) is 0. The van der Waals surface area contributed by atoms with Crippen molar-refractivity contribution in [1.82, 2.24) is 20.1 Å². The first-order valence-corrected chi connectivity index (χ1v) is 6.54. The van der Waals surface area contributed by atoms with Crippen molar-refractivity contribution < 1.29 is 4.74 Å². The number of hydrogen-bond acceptors (Lipinski definition) is 4. The van der Waals surface area contributed by atoms with Crippen LogP contribution < -0.4 is 5.32 Å². The van der Waals surface area contributed by atoms with E-state index in [1.807, 2.05) is 4.68 Å². The molecule has 1 heterocycles. The average molecular weight is 252 g/mol. The summed E-state index contributed by atoms with van der Waals surface area (Å²) in [6.45, 7) is 7.77. The Labute approximate surface area is 109 Å². The number of methoxy groups -OCH3 is 1. The van der Waals surface area contributed by atoms with Crippen molar-refractivity contribution in [3.63, 3.8) is 0 Å². The molecule has 1 aromatic heterocycles. The number of rotatable bonds is 9. The van der Waals surface area contributed by atoms with Crippen LogP contribution in [0.15, 0.2) is 12.4 Å². The summed E-state index contributed by atoms with van der Waals surface area (Å²) < 4.78 is 6.93. The average Bonchev–Trinajstić information content (AvgIpc) is 2.82. The van der Waals surface area contributed by atoms with Gasteiger partial charge in [-0.2, -0.15) is 5.10 Å². The van der Waals surface area contributed by atoms with Crippen molar-refractivity contribution in [2.75, 3.05) is 26.8 Å². The van der Waals surface area contributed by atoms with Crippen LogP contribution in [-0.2, 0) is 11.3 Å². The fraction of sp³-hybridized carbons (Fsp3) is 0.692. The van der Waals surface area contributed by atoms with Crippen molar-refractivity contribution >= 4 is 5.57 Å². The van der Waals surface area contributed by atoms with Crippen molar-refractivity contribution in [3.05, 3.63) is 18.2 Å². The summed E-state index contributed by atoms with van der Waals surface area (Å²) >= 11 is 0. The van der Waals surface area contributed by atoms with Gasteiger partial charge in [0, 0.05) is 20.2 Å². The fourth-order valence-corrected chi connectivity index (χ4v) is 1.73. The Hall–Kier alpha value is -1.20. The van der Waals surface area contributed by atoms with Crippen LogP contribution in [0.4, 0.5) is 0 Å². The highest BCUT2D eigenvalue weighted by Crippen LogP contribution is 2.11. The van der Waals surface area contributed by atoms with Crippen molar-refractivity contribution in [1.29, 1.82) is 0 Å². The molecule has 0 aliphatic heterocycles. The number of aromatic nitrogens is 3. The zero-order valence-electron chi connectivity index (χ0n) is 11.6. The van der Waals surface area contributed by atoms with Gasteiger partial charge in [0.1, 0.15) is 6.33 Å². The smallest absolute Gasteiger partial charge is 0.153 e. The standard InChI is InChI=1S/C13H24N4O/c1-4-9-17-13(15-11-16-17)12(2)6-5-7-14-8-10-18-3/h6,11,14H,4-5,7-10H2,1-3H3. The van der Waals surface area contributed by atoms with Gasteiger partial charge >= 0.3 is 0 Å². The van der Waals surface area contributed by atoms with E-state index < -0.39 is 0 Å². The van der Waals surface area contributed by atoms with Gasteiger partial charge in [-0.15, -0.1) is 0 Å². The number of nitrogens with one attached hydrogen (secondary N) is 1. The summed E-state index contributed by atoms with van der Waals surface area (Å²) in [6.07, 6.45) is 5.89. The molecule has 0 atom stereocenters. The zero-order chi connectivity index (χ0) is 13.2. The van der Waals surface area contributed by atoms with Gasteiger partial charge in [0.25, 0.3) is 0 Å². The zero-order valence-corrected chi connectivity index (χ0v) is 11.6. The summed E-state index contributed by atoms with van der Waals surface area (Å²) in [7, 11) is 1.71. The molecule has 1 aromatic rings. The van der Waals surface area contributed by atoms with Gasteiger partial charge < -0.3 is 10.1 Å². The molecule has 0 spiro atoms. The highest BCUT2D eigenvalue weighted by Gasteiger charge is 2.04. The second-order valence-corrected chi connectivity index (χ2v) is 4.23. The molecule has 1 N–H and O–H groups in total. The van der Waals surface area contributed by atoms with Crippen molar-refractivity contribution in [2.24, 2.45) is 0 Å². The number of aryl methyl sites for hydroxylation is 1. The Morgan fingerprint density at radius 2 is 2.33 bits per heavy atom. The van der Waals surface area contributed by atoms with Gasteiger partial charge in [0.2, 0.25) is 0 Å². The van der Waals surface area contributed by atoms with Crippen LogP contribution in [0.2, 0.25) is 0 Å². The number of hydrogen-bond donors (Lipinski definition) is 1. The maximum absolute atomic E-state index is 4.97. The van der Waals surface area contributed by atoms with E-state index in [0.717, 1.165) is 44.9 Å². The third kappa shape index (κ3) is 4.98. The largest absolute Gasteiger partial charge is 0.383 e. The summed E-state index contributed by atoms with van der Waals surface area (Å²) in [5.41, 5.74) is 1.19. The molecular weight excluding hydrogens is 228 g/mol. The molecule has 5 heteroatoms. The quantitative estimate of drug-likeness (QED) is 0.680. The maximum Gasteiger partial charge on any atom is 0.153 e.